The van der Waals surface area contributed by atoms with Crippen molar-refractivity contribution in [2.24, 2.45) is 0 Å². The molecule has 0 aliphatic heterocycles. The topological polar surface area (TPSA) is 20.2 Å². The van der Waals surface area contributed by atoms with E-state index in [0.717, 1.165) is 5.56 Å². The molecule has 12 heavy (non-hydrogen) atoms. The van der Waals surface area contributed by atoms with Crippen LogP contribution in [0.15, 0.2) is 18.2 Å². The smallest absolute Gasteiger partial charge is 0.126 e. The zero-order valence-electron chi connectivity index (χ0n) is 6.92. The largest absolute Gasteiger partial charge is 0.392 e. The first-order chi connectivity index (χ1) is 5.70. The van der Waals surface area contributed by atoms with Crippen LogP contribution in [-0.2, 0) is 6.42 Å². The molecule has 1 nitrogen and oxygen atoms in total. The van der Waals surface area contributed by atoms with Gasteiger partial charge in [-0.25, -0.2) is 4.39 Å². The molecule has 1 aromatic rings. The van der Waals surface area contributed by atoms with Gasteiger partial charge in [-0.15, -0.1) is 0 Å². The number of benzene rings is 1. The predicted molar refractivity (Wildman–Crippen MR) is 44.5 cm³/mol. The van der Waals surface area contributed by atoms with Crippen LogP contribution in [0, 0.1) is 5.82 Å². The Kier molecular flexibility index (Phi) is 1.65. The van der Waals surface area contributed by atoms with E-state index in [1.165, 1.54) is 6.07 Å². The molecule has 1 N–H and O–H groups in total. The normalized spacial score (nSPS) is 27.2. The average Bonchev–Trinajstić information content (AvgIpc) is 2.32. The van der Waals surface area contributed by atoms with Crippen LogP contribution < -0.4 is 0 Å². The maximum Gasteiger partial charge on any atom is 0.126 e. The van der Waals surface area contributed by atoms with Crippen LogP contribution in [0.5, 0.6) is 0 Å². The summed E-state index contributed by atoms with van der Waals surface area (Å²) in [5.74, 6) is -0.105. The molecule has 0 spiro atoms. The van der Waals surface area contributed by atoms with Crippen molar-refractivity contribution in [3.8, 4) is 0 Å². The van der Waals surface area contributed by atoms with Gasteiger partial charge in [0, 0.05) is 12.3 Å². The van der Waals surface area contributed by atoms with Crippen LogP contribution >= 0.6 is 0 Å². The molecule has 1 aliphatic carbocycles. The number of halogens is 1. The Balaban J connectivity index is 2.53. The van der Waals surface area contributed by atoms with Crippen LogP contribution in [0.3, 0.4) is 0 Å². The van der Waals surface area contributed by atoms with Gasteiger partial charge < -0.3 is 5.11 Å². The Morgan fingerprint density at radius 2 is 2.25 bits per heavy atom. The number of fused-ring (bicyclic) bond motifs is 1. The van der Waals surface area contributed by atoms with Crippen LogP contribution in [0.1, 0.15) is 24.0 Å². The van der Waals surface area contributed by atoms with E-state index in [0.29, 0.717) is 12.0 Å². The number of rotatable bonds is 0. The predicted octanol–water partition coefficient (Wildman–Crippen LogP) is 1.85. The lowest BCUT2D eigenvalue weighted by Crippen LogP contribution is -2.09. The lowest BCUT2D eigenvalue weighted by molar-refractivity contribution is 0.162. The van der Waals surface area contributed by atoms with E-state index in [1.54, 1.807) is 6.07 Å². The number of aliphatic hydroxyl groups excluding tert-OH is 1. The van der Waals surface area contributed by atoms with Crippen LogP contribution in [0.25, 0.3) is 0 Å². The van der Waals surface area contributed by atoms with Gasteiger partial charge in [0.25, 0.3) is 0 Å². The summed E-state index contributed by atoms with van der Waals surface area (Å²) < 4.78 is 13.1. The molecule has 0 aromatic heterocycles. The van der Waals surface area contributed by atoms with Crippen molar-refractivity contribution < 1.29 is 9.50 Å². The highest BCUT2D eigenvalue weighted by atomic mass is 19.1. The molecule has 0 saturated heterocycles. The average molecular weight is 166 g/mol. The van der Waals surface area contributed by atoms with E-state index < -0.39 is 6.10 Å². The van der Waals surface area contributed by atoms with Crippen molar-refractivity contribution in [3.63, 3.8) is 0 Å². The van der Waals surface area contributed by atoms with E-state index >= 15 is 0 Å². The van der Waals surface area contributed by atoms with Gasteiger partial charge in [-0.3, -0.25) is 0 Å². The number of hydrogen-bond acceptors (Lipinski definition) is 1. The van der Waals surface area contributed by atoms with Gasteiger partial charge >= 0.3 is 0 Å². The lowest BCUT2D eigenvalue weighted by atomic mass is 10.0. The molecule has 2 atom stereocenters. The van der Waals surface area contributed by atoms with Gasteiger partial charge in [-0.05, 0) is 17.2 Å². The van der Waals surface area contributed by atoms with E-state index in [2.05, 4.69) is 0 Å². The maximum absolute atomic E-state index is 13.1. The molecule has 64 valence electrons. The Bertz CT molecular complexity index is 309. The summed E-state index contributed by atoms with van der Waals surface area (Å²) in [4.78, 5) is 0. The van der Waals surface area contributed by atoms with Crippen molar-refractivity contribution in [1.29, 1.82) is 0 Å². The molecule has 0 heterocycles. The second-order valence-electron chi connectivity index (χ2n) is 3.37. The van der Waals surface area contributed by atoms with E-state index in [1.807, 2.05) is 13.0 Å². The molecule has 2 rings (SSSR count). The van der Waals surface area contributed by atoms with Crippen LogP contribution in [0.4, 0.5) is 4.39 Å². The summed E-state index contributed by atoms with van der Waals surface area (Å²) in [6.07, 6.45) is 0.0558. The summed E-state index contributed by atoms with van der Waals surface area (Å²) >= 11 is 0. The van der Waals surface area contributed by atoms with Gasteiger partial charge in [-0.1, -0.05) is 19.1 Å². The minimum atomic E-state index is -0.406. The molecule has 1 aliphatic rings. The van der Waals surface area contributed by atoms with Gasteiger partial charge in [-0.2, -0.15) is 0 Å². The molecule has 1 aromatic carbocycles. The van der Waals surface area contributed by atoms with Crippen molar-refractivity contribution >= 4 is 0 Å². The van der Waals surface area contributed by atoms with E-state index in [9.17, 15) is 9.50 Å². The van der Waals surface area contributed by atoms with Gasteiger partial charge in [0.2, 0.25) is 0 Å². The fourth-order valence-corrected chi connectivity index (χ4v) is 1.81. The molecule has 0 bridgehead atoms. The molecule has 0 amide bonds. The van der Waals surface area contributed by atoms with Crippen molar-refractivity contribution in [2.75, 3.05) is 0 Å². The third-order valence-electron chi connectivity index (χ3n) is 2.64. The second kappa shape index (κ2) is 2.56. The molecule has 0 fully saturated rings. The standard InChI is InChI=1S/C10H11FO/c1-6-7-3-2-4-9(11)8(7)5-10(6)12/h2-4,6,10,12H,5H2,1H3/t6-,10+/m0/s1. The quantitative estimate of drug-likeness (QED) is 0.623. The van der Waals surface area contributed by atoms with Crippen LogP contribution in [0.2, 0.25) is 0 Å². The van der Waals surface area contributed by atoms with Gasteiger partial charge in [0.15, 0.2) is 0 Å². The van der Waals surface area contributed by atoms with E-state index in [4.69, 9.17) is 0 Å². The number of aliphatic hydroxyl groups is 1. The lowest BCUT2D eigenvalue weighted by Gasteiger charge is -2.07. The van der Waals surface area contributed by atoms with Crippen LogP contribution in [-0.4, -0.2) is 11.2 Å². The zero-order valence-corrected chi connectivity index (χ0v) is 6.92. The van der Waals surface area contributed by atoms with Crippen molar-refractivity contribution in [2.45, 2.75) is 25.4 Å². The number of hydrogen-bond donors (Lipinski definition) is 1. The molecular formula is C10H11FO. The third kappa shape index (κ3) is 0.950. The first kappa shape index (κ1) is 7.74. The maximum atomic E-state index is 13.1. The first-order valence-electron chi connectivity index (χ1n) is 4.15. The summed E-state index contributed by atoms with van der Waals surface area (Å²) in [5, 5.41) is 9.48. The Morgan fingerprint density at radius 1 is 1.50 bits per heavy atom. The first-order valence-corrected chi connectivity index (χ1v) is 4.15. The molecular weight excluding hydrogens is 155 g/mol. The highest BCUT2D eigenvalue weighted by Gasteiger charge is 2.28. The highest BCUT2D eigenvalue weighted by Crippen LogP contribution is 2.33. The Hall–Kier alpha value is -0.890. The fourth-order valence-electron chi connectivity index (χ4n) is 1.81. The zero-order chi connectivity index (χ0) is 8.72. The fraction of sp³-hybridized carbons (Fsp3) is 0.400. The Morgan fingerprint density at radius 3 is 2.92 bits per heavy atom. The summed E-state index contributed by atoms with van der Waals surface area (Å²) in [5.41, 5.74) is 1.65. The molecule has 0 saturated carbocycles. The monoisotopic (exact) mass is 166 g/mol. The van der Waals surface area contributed by atoms with Crippen molar-refractivity contribution in [1.82, 2.24) is 0 Å². The summed E-state index contributed by atoms with van der Waals surface area (Å²) in [7, 11) is 0. The minimum absolute atomic E-state index is 0.0794. The van der Waals surface area contributed by atoms with Gasteiger partial charge in [0.05, 0.1) is 6.10 Å². The van der Waals surface area contributed by atoms with Gasteiger partial charge in [0.1, 0.15) is 5.82 Å². The van der Waals surface area contributed by atoms with E-state index in [-0.39, 0.29) is 11.7 Å². The van der Waals surface area contributed by atoms with Crippen molar-refractivity contribution in [3.05, 3.63) is 35.1 Å². The SMILES string of the molecule is C[C@H]1c2cccc(F)c2C[C@H]1O. The highest BCUT2D eigenvalue weighted by molar-refractivity contribution is 5.37. The third-order valence-corrected chi connectivity index (χ3v) is 2.64. The Labute approximate surface area is 70.8 Å². The molecule has 2 heteroatoms. The minimum Gasteiger partial charge on any atom is -0.392 e. The summed E-state index contributed by atoms with van der Waals surface area (Å²) in [6, 6.07) is 5.03. The summed E-state index contributed by atoms with van der Waals surface area (Å²) in [6.45, 7) is 1.93. The molecule has 0 unspecified atom stereocenters. The molecule has 0 radical (unpaired) electrons. The second-order valence-corrected chi connectivity index (χ2v) is 3.37.